The Kier molecular flexibility index (Phi) is 4.12. The number of benzene rings is 1. The highest BCUT2D eigenvalue weighted by atomic mass is 35.5. The van der Waals surface area contributed by atoms with Crippen LogP contribution in [-0.2, 0) is 0 Å². The van der Waals surface area contributed by atoms with Crippen molar-refractivity contribution in [3.05, 3.63) is 53.6 Å². The van der Waals surface area contributed by atoms with Gasteiger partial charge >= 0.3 is 0 Å². The molecule has 2 rings (SSSR count). The van der Waals surface area contributed by atoms with E-state index in [9.17, 15) is 5.26 Å². The van der Waals surface area contributed by atoms with Crippen LogP contribution >= 0.6 is 11.6 Å². The third-order valence-corrected chi connectivity index (χ3v) is 4.13. The smallest absolute Gasteiger partial charge is 0.141 e. The Hall–Kier alpha value is -1.52. The summed E-state index contributed by atoms with van der Waals surface area (Å²) in [4.78, 5) is -0.822. The molecule has 0 fully saturated rings. The highest BCUT2D eigenvalue weighted by Gasteiger charge is 2.39. The zero-order valence-corrected chi connectivity index (χ0v) is 12.1. The van der Waals surface area contributed by atoms with Gasteiger partial charge in [-0.15, -0.1) is 11.6 Å². The van der Waals surface area contributed by atoms with Gasteiger partial charge in [-0.25, -0.2) is 0 Å². The Morgan fingerprint density at radius 3 is 2.58 bits per heavy atom. The fourth-order valence-corrected chi connectivity index (χ4v) is 2.97. The first-order valence-corrected chi connectivity index (χ1v) is 6.96. The fraction of sp³-hybridized carbons (Fsp3) is 0.353. The SMILES string of the molecule is CC(C)=C(c1ccccc1)C1C=CCCC1(Cl)C#N. The van der Waals surface area contributed by atoms with E-state index >= 15 is 0 Å². The van der Waals surface area contributed by atoms with Crippen LogP contribution in [0.25, 0.3) is 5.57 Å². The molecular formula is C17H18ClN. The Morgan fingerprint density at radius 2 is 2.00 bits per heavy atom. The molecule has 0 saturated carbocycles. The Morgan fingerprint density at radius 1 is 1.32 bits per heavy atom. The molecule has 0 spiro atoms. The van der Waals surface area contributed by atoms with E-state index in [1.807, 2.05) is 18.2 Å². The molecule has 1 aliphatic rings. The quantitative estimate of drug-likeness (QED) is 0.552. The number of halogens is 1. The molecule has 1 nitrogen and oxygen atoms in total. The van der Waals surface area contributed by atoms with Crippen molar-refractivity contribution in [3.63, 3.8) is 0 Å². The van der Waals surface area contributed by atoms with Crippen molar-refractivity contribution in [1.29, 1.82) is 5.26 Å². The van der Waals surface area contributed by atoms with Crippen molar-refractivity contribution in [2.24, 2.45) is 5.92 Å². The minimum atomic E-state index is -0.822. The second-order valence-corrected chi connectivity index (χ2v) is 5.87. The van der Waals surface area contributed by atoms with Crippen molar-refractivity contribution in [2.75, 3.05) is 0 Å². The standard InChI is InChI=1S/C17H18ClN/c1-13(2)16(14-8-4-3-5-9-14)15-10-6-7-11-17(15,18)12-19/h3-6,8-10,15H,7,11H2,1-2H3. The van der Waals surface area contributed by atoms with Crippen LogP contribution in [-0.4, -0.2) is 4.87 Å². The van der Waals surface area contributed by atoms with Crippen LogP contribution in [0.5, 0.6) is 0 Å². The molecule has 0 amide bonds. The predicted molar refractivity (Wildman–Crippen MR) is 80.8 cm³/mol. The maximum absolute atomic E-state index is 9.46. The highest BCUT2D eigenvalue weighted by Crippen LogP contribution is 2.43. The molecule has 0 saturated heterocycles. The number of nitriles is 1. The lowest BCUT2D eigenvalue weighted by atomic mass is 9.75. The van der Waals surface area contributed by atoms with Gasteiger partial charge < -0.3 is 0 Å². The third kappa shape index (κ3) is 2.74. The van der Waals surface area contributed by atoms with Crippen molar-refractivity contribution < 1.29 is 0 Å². The number of hydrogen-bond acceptors (Lipinski definition) is 1. The maximum atomic E-state index is 9.46. The second-order valence-electron chi connectivity index (χ2n) is 5.20. The van der Waals surface area contributed by atoms with Crippen molar-refractivity contribution in [2.45, 2.75) is 31.6 Å². The predicted octanol–water partition coefficient (Wildman–Crippen LogP) is 4.95. The zero-order chi connectivity index (χ0) is 13.9. The van der Waals surface area contributed by atoms with E-state index in [4.69, 9.17) is 11.6 Å². The Bertz CT molecular complexity index is 546. The van der Waals surface area contributed by atoms with Gasteiger partial charge in [0.2, 0.25) is 0 Å². The normalized spacial score (nSPS) is 25.7. The number of nitrogens with zero attached hydrogens (tertiary/aromatic N) is 1. The van der Waals surface area contributed by atoms with Gasteiger partial charge in [0.15, 0.2) is 0 Å². The Labute approximate surface area is 120 Å². The molecule has 98 valence electrons. The monoisotopic (exact) mass is 271 g/mol. The van der Waals surface area contributed by atoms with E-state index in [-0.39, 0.29) is 5.92 Å². The molecule has 2 atom stereocenters. The van der Waals surface area contributed by atoms with Gasteiger partial charge in [0.1, 0.15) is 4.87 Å². The van der Waals surface area contributed by atoms with E-state index in [1.165, 1.54) is 11.1 Å². The summed E-state index contributed by atoms with van der Waals surface area (Å²) in [5.41, 5.74) is 3.54. The van der Waals surface area contributed by atoms with Crippen LogP contribution in [0.1, 0.15) is 32.3 Å². The van der Waals surface area contributed by atoms with Gasteiger partial charge in [-0.1, -0.05) is 48.1 Å². The summed E-state index contributed by atoms with van der Waals surface area (Å²) in [6.45, 7) is 4.17. The summed E-state index contributed by atoms with van der Waals surface area (Å²) < 4.78 is 0. The zero-order valence-electron chi connectivity index (χ0n) is 11.4. The number of rotatable bonds is 2. The molecule has 2 unspecified atom stereocenters. The highest BCUT2D eigenvalue weighted by molar-refractivity contribution is 6.27. The first-order valence-electron chi connectivity index (χ1n) is 6.58. The van der Waals surface area contributed by atoms with E-state index in [0.717, 1.165) is 12.0 Å². The van der Waals surface area contributed by atoms with E-state index in [2.05, 4.69) is 44.2 Å². The van der Waals surface area contributed by atoms with Gasteiger partial charge in [-0.05, 0) is 37.8 Å². The summed E-state index contributed by atoms with van der Waals surface area (Å²) in [5, 5.41) is 9.46. The van der Waals surface area contributed by atoms with Crippen LogP contribution in [0.2, 0.25) is 0 Å². The number of hydrogen-bond donors (Lipinski definition) is 0. The molecule has 0 bridgehead atoms. The minimum Gasteiger partial charge on any atom is -0.196 e. The number of allylic oxidation sites excluding steroid dienone is 4. The molecule has 1 aromatic carbocycles. The van der Waals surface area contributed by atoms with E-state index in [1.54, 1.807) is 0 Å². The molecule has 1 aliphatic carbocycles. The van der Waals surface area contributed by atoms with Crippen molar-refractivity contribution >= 4 is 17.2 Å². The van der Waals surface area contributed by atoms with Crippen molar-refractivity contribution in [3.8, 4) is 6.07 Å². The summed E-state index contributed by atoms with van der Waals surface area (Å²) in [7, 11) is 0. The molecular weight excluding hydrogens is 254 g/mol. The molecule has 0 aliphatic heterocycles. The summed E-state index contributed by atoms with van der Waals surface area (Å²) in [6.07, 6.45) is 5.80. The molecule has 0 aromatic heterocycles. The van der Waals surface area contributed by atoms with Gasteiger partial charge in [0, 0.05) is 5.92 Å². The molecule has 19 heavy (non-hydrogen) atoms. The van der Waals surface area contributed by atoms with E-state index in [0.29, 0.717) is 6.42 Å². The topological polar surface area (TPSA) is 23.8 Å². The summed E-state index contributed by atoms with van der Waals surface area (Å²) in [6, 6.07) is 12.5. The number of alkyl halides is 1. The van der Waals surface area contributed by atoms with Gasteiger partial charge in [0.25, 0.3) is 0 Å². The average molecular weight is 272 g/mol. The molecule has 0 N–H and O–H groups in total. The van der Waals surface area contributed by atoms with E-state index < -0.39 is 4.87 Å². The van der Waals surface area contributed by atoms with Gasteiger partial charge in [-0.2, -0.15) is 5.26 Å². The Balaban J connectivity index is 2.53. The van der Waals surface area contributed by atoms with Gasteiger partial charge in [-0.3, -0.25) is 0 Å². The van der Waals surface area contributed by atoms with Crippen LogP contribution in [0.3, 0.4) is 0 Å². The average Bonchev–Trinajstić information content (AvgIpc) is 2.42. The lowest BCUT2D eigenvalue weighted by Gasteiger charge is -2.33. The lowest BCUT2D eigenvalue weighted by molar-refractivity contribution is 0.553. The maximum Gasteiger partial charge on any atom is 0.141 e. The van der Waals surface area contributed by atoms with Crippen LogP contribution < -0.4 is 0 Å². The first-order chi connectivity index (χ1) is 9.08. The fourth-order valence-electron chi connectivity index (χ4n) is 2.68. The largest absolute Gasteiger partial charge is 0.196 e. The molecule has 1 aromatic rings. The summed E-state index contributed by atoms with van der Waals surface area (Å²) >= 11 is 6.57. The van der Waals surface area contributed by atoms with Crippen LogP contribution in [0.4, 0.5) is 0 Å². The van der Waals surface area contributed by atoms with Gasteiger partial charge in [0.05, 0.1) is 6.07 Å². The minimum absolute atomic E-state index is 0.0414. The lowest BCUT2D eigenvalue weighted by Crippen LogP contribution is -2.32. The van der Waals surface area contributed by atoms with Crippen LogP contribution in [0, 0.1) is 17.2 Å². The molecule has 0 radical (unpaired) electrons. The molecule has 0 heterocycles. The first kappa shape index (κ1) is 13.9. The summed E-state index contributed by atoms with van der Waals surface area (Å²) in [5.74, 6) is -0.0414. The second kappa shape index (κ2) is 5.63. The van der Waals surface area contributed by atoms with Crippen molar-refractivity contribution in [1.82, 2.24) is 0 Å². The molecule has 2 heteroatoms. The van der Waals surface area contributed by atoms with Crippen LogP contribution in [0.15, 0.2) is 48.1 Å². The third-order valence-electron chi connectivity index (χ3n) is 3.62.